The Kier molecular flexibility index (Phi) is 6.79. The lowest BCUT2D eigenvalue weighted by molar-refractivity contribution is -0.692. The molecule has 0 radical (unpaired) electrons. The molecule has 0 aliphatic carbocycles. The van der Waals surface area contributed by atoms with Gasteiger partial charge in [-0.25, -0.2) is 4.57 Å². The first kappa shape index (κ1) is 20.5. The van der Waals surface area contributed by atoms with E-state index in [9.17, 15) is 0 Å². The Morgan fingerprint density at radius 3 is 2.32 bits per heavy atom. The van der Waals surface area contributed by atoms with Gasteiger partial charge in [0, 0.05) is 12.0 Å². The Morgan fingerprint density at radius 1 is 0.929 bits per heavy atom. The summed E-state index contributed by atoms with van der Waals surface area (Å²) in [5.41, 5.74) is 3.68. The van der Waals surface area contributed by atoms with Crippen LogP contribution in [0.4, 0.5) is 0 Å². The minimum absolute atomic E-state index is 0. The van der Waals surface area contributed by atoms with Crippen molar-refractivity contribution in [3.05, 3.63) is 60.6 Å². The molecule has 3 aromatic rings. The van der Waals surface area contributed by atoms with Crippen LogP contribution in [0, 0.1) is 0 Å². The number of rotatable bonds is 5. The first-order valence-corrected chi connectivity index (χ1v) is 9.82. The van der Waals surface area contributed by atoms with Crippen LogP contribution in [0.2, 0.25) is 0 Å². The zero-order valence-electron chi connectivity index (χ0n) is 16.5. The second-order valence-electron chi connectivity index (χ2n) is 6.92. The van der Waals surface area contributed by atoms with Gasteiger partial charge in [0.15, 0.2) is 5.69 Å². The van der Waals surface area contributed by atoms with Gasteiger partial charge in [-0.3, -0.25) is 0 Å². The summed E-state index contributed by atoms with van der Waals surface area (Å²) in [6.45, 7) is 3.77. The molecular formula is C23H27BrN2O2. The third kappa shape index (κ3) is 4.09. The fourth-order valence-electron chi connectivity index (χ4n) is 3.86. The van der Waals surface area contributed by atoms with Crippen molar-refractivity contribution in [1.29, 1.82) is 0 Å². The Balaban J connectivity index is 0.00000225. The maximum Gasteiger partial charge on any atom is 0.262 e. The fraction of sp³-hybridized carbons (Fsp3) is 0.348. The zero-order valence-corrected chi connectivity index (χ0v) is 18.1. The van der Waals surface area contributed by atoms with Gasteiger partial charge >= 0.3 is 0 Å². The van der Waals surface area contributed by atoms with E-state index in [1.165, 1.54) is 42.0 Å². The van der Waals surface area contributed by atoms with E-state index in [1.54, 1.807) is 7.11 Å². The number of benzene rings is 2. The maximum atomic E-state index is 5.60. The molecule has 4 nitrogen and oxygen atoms in total. The number of fused-ring (bicyclic) bond motifs is 1. The van der Waals surface area contributed by atoms with E-state index in [1.807, 2.05) is 19.1 Å². The fourth-order valence-corrected chi connectivity index (χ4v) is 3.86. The van der Waals surface area contributed by atoms with Gasteiger partial charge in [-0.15, -0.1) is 0 Å². The minimum Gasteiger partial charge on any atom is -1.00 e. The second kappa shape index (κ2) is 9.28. The summed E-state index contributed by atoms with van der Waals surface area (Å²) in [6.07, 6.45) is 7.13. The molecule has 28 heavy (non-hydrogen) atoms. The van der Waals surface area contributed by atoms with Crippen LogP contribution in [0.3, 0.4) is 0 Å². The van der Waals surface area contributed by atoms with E-state index in [0.29, 0.717) is 6.61 Å². The van der Waals surface area contributed by atoms with Gasteiger partial charge in [0.1, 0.15) is 23.4 Å². The number of hydrogen-bond donors (Lipinski definition) is 0. The summed E-state index contributed by atoms with van der Waals surface area (Å²) in [5, 5.41) is 0. The Morgan fingerprint density at radius 2 is 1.64 bits per heavy atom. The van der Waals surface area contributed by atoms with Crippen molar-refractivity contribution in [2.24, 2.45) is 0 Å². The smallest absolute Gasteiger partial charge is 0.262 e. The molecule has 0 N–H and O–H groups in total. The molecule has 5 heteroatoms. The van der Waals surface area contributed by atoms with Gasteiger partial charge in [-0.1, -0.05) is 0 Å². The molecule has 1 aliphatic rings. The maximum absolute atomic E-state index is 5.60. The standard InChI is InChI=1S/C23H27N2O2.BrH/c1-3-27-21-14-10-19(11-15-21)25-17-22(18-8-12-20(26-2)13-9-18)24-16-6-4-5-7-23(24)25;/h8-15,17H,3-7,16H2,1-2H3;1H/q+1;/p-1. The predicted molar refractivity (Wildman–Crippen MR) is 107 cm³/mol. The molecule has 0 fully saturated rings. The van der Waals surface area contributed by atoms with Crippen molar-refractivity contribution in [3.63, 3.8) is 0 Å². The number of nitrogens with zero attached hydrogens (tertiary/aromatic N) is 2. The van der Waals surface area contributed by atoms with Crippen molar-refractivity contribution in [1.82, 2.24) is 4.57 Å². The van der Waals surface area contributed by atoms with Crippen molar-refractivity contribution in [3.8, 4) is 28.4 Å². The predicted octanol–water partition coefficient (Wildman–Crippen LogP) is 1.57. The molecule has 1 aromatic heterocycles. The molecule has 148 valence electrons. The van der Waals surface area contributed by atoms with E-state index in [0.717, 1.165) is 24.5 Å². The third-order valence-corrected chi connectivity index (χ3v) is 5.23. The monoisotopic (exact) mass is 442 g/mol. The van der Waals surface area contributed by atoms with Gasteiger partial charge in [-0.05, 0) is 74.7 Å². The Labute approximate surface area is 177 Å². The van der Waals surface area contributed by atoms with Crippen LogP contribution in [0.15, 0.2) is 54.7 Å². The average Bonchev–Trinajstić information content (AvgIpc) is 2.90. The molecule has 0 saturated heterocycles. The lowest BCUT2D eigenvalue weighted by atomic mass is 10.1. The van der Waals surface area contributed by atoms with E-state index in [2.05, 4.69) is 51.7 Å². The summed E-state index contributed by atoms with van der Waals surface area (Å²) >= 11 is 0. The zero-order chi connectivity index (χ0) is 18.6. The number of hydrogen-bond acceptors (Lipinski definition) is 2. The van der Waals surface area contributed by atoms with E-state index in [-0.39, 0.29) is 17.0 Å². The highest BCUT2D eigenvalue weighted by Gasteiger charge is 2.26. The summed E-state index contributed by atoms with van der Waals surface area (Å²) in [4.78, 5) is 0. The summed E-state index contributed by atoms with van der Waals surface area (Å²) in [7, 11) is 1.71. The molecule has 2 heterocycles. The van der Waals surface area contributed by atoms with Gasteiger partial charge in [0.2, 0.25) is 0 Å². The number of methoxy groups -OCH3 is 1. The highest BCUT2D eigenvalue weighted by molar-refractivity contribution is 5.58. The summed E-state index contributed by atoms with van der Waals surface area (Å²) < 4.78 is 15.8. The van der Waals surface area contributed by atoms with Gasteiger partial charge in [-0.2, -0.15) is 4.57 Å². The van der Waals surface area contributed by atoms with Crippen molar-refractivity contribution >= 4 is 0 Å². The van der Waals surface area contributed by atoms with Gasteiger partial charge < -0.3 is 26.5 Å². The van der Waals surface area contributed by atoms with Crippen molar-refractivity contribution in [2.45, 2.75) is 39.2 Å². The van der Waals surface area contributed by atoms with Gasteiger partial charge in [0.05, 0.1) is 20.3 Å². The summed E-state index contributed by atoms with van der Waals surface area (Å²) in [5.74, 6) is 3.19. The van der Waals surface area contributed by atoms with Crippen LogP contribution in [-0.2, 0) is 13.0 Å². The SMILES string of the molecule is CCOc1ccc(-n2cc(-c3ccc(OC)cc3)[n+]3c2CCCCC3)cc1.[Br-]. The van der Waals surface area contributed by atoms with Crippen LogP contribution in [0.5, 0.6) is 11.5 Å². The number of aromatic nitrogens is 2. The highest BCUT2D eigenvalue weighted by Crippen LogP contribution is 2.26. The van der Waals surface area contributed by atoms with Crippen LogP contribution in [-0.4, -0.2) is 18.3 Å². The molecule has 2 aromatic carbocycles. The first-order valence-electron chi connectivity index (χ1n) is 9.82. The average molecular weight is 443 g/mol. The molecule has 4 rings (SSSR count). The number of imidazole rings is 1. The Bertz CT molecular complexity index is 902. The molecule has 0 bridgehead atoms. The molecule has 0 unspecified atom stereocenters. The van der Waals surface area contributed by atoms with Crippen molar-refractivity contribution < 1.29 is 31.0 Å². The number of ether oxygens (including phenoxy) is 2. The molecule has 0 saturated carbocycles. The molecule has 0 amide bonds. The van der Waals surface area contributed by atoms with Crippen LogP contribution in [0.1, 0.15) is 32.0 Å². The van der Waals surface area contributed by atoms with E-state index in [4.69, 9.17) is 9.47 Å². The summed E-state index contributed by atoms with van der Waals surface area (Å²) in [6, 6.07) is 16.8. The second-order valence-corrected chi connectivity index (χ2v) is 6.92. The highest BCUT2D eigenvalue weighted by atomic mass is 79.9. The molecule has 0 spiro atoms. The van der Waals surface area contributed by atoms with Gasteiger partial charge in [0.25, 0.3) is 5.82 Å². The quantitative estimate of drug-likeness (QED) is 0.560. The first-order chi connectivity index (χ1) is 13.3. The number of halogens is 1. The molecular weight excluding hydrogens is 416 g/mol. The third-order valence-electron chi connectivity index (χ3n) is 5.23. The van der Waals surface area contributed by atoms with Crippen LogP contribution < -0.4 is 31.0 Å². The Hall–Kier alpha value is -2.27. The van der Waals surface area contributed by atoms with Crippen LogP contribution >= 0.6 is 0 Å². The largest absolute Gasteiger partial charge is 1.00 e. The normalized spacial score (nSPS) is 13.2. The van der Waals surface area contributed by atoms with Crippen molar-refractivity contribution in [2.75, 3.05) is 13.7 Å². The van der Waals surface area contributed by atoms with E-state index >= 15 is 0 Å². The lowest BCUT2D eigenvalue weighted by Gasteiger charge is -2.05. The topological polar surface area (TPSA) is 27.3 Å². The molecule has 1 aliphatic heterocycles. The lowest BCUT2D eigenvalue weighted by Crippen LogP contribution is -3.00. The minimum atomic E-state index is 0. The molecule has 0 atom stereocenters. The van der Waals surface area contributed by atoms with Crippen LogP contribution in [0.25, 0.3) is 16.9 Å². The van der Waals surface area contributed by atoms with E-state index < -0.39 is 0 Å².